The van der Waals surface area contributed by atoms with Crippen LogP contribution in [0.3, 0.4) is 0 Å². The molecule has 1 atom stereocenters. The van der Waals surface area contributed by atoms with Crippen LogP contribution in [0.15, 0.2) is 36.4 Å². The molecule has 0 saturated carbocycles. The zero-order chi connectivity index (χ0) is 12.4. The largest absolute Gasteiger partial charge is 0.329 e. The number of aryl methyl sites for hydroxylation is 1. The number of hydrogen-bond acceptors (Lipinski definition) is 2. The van der Waals surface area contributed by atoms with E-state index in [0.29, 0.717) is 6.04 Å². The van der Waals surface area contributed by atoms with Crippen LogP contribution in [0, 0.1) is 0 Å². The van der Waals surface area contributed by atoms with Gasteiger partial charge in [0.2, 0.25) is 0 Å². The van der Waals surface area contributed by atoms with Crippen molar-refractivity contribution in [3.05, 3.63) is 47.5 Å². The molecule has 0 radical (unpaired) electrons. The molecule has 3 N–H and O–H groups in total. The molecule has 0 aromatic heterocycles. The summed E-state index contributed by atoms with van der Waals surface area (Å²) in [6.45, 7) is 0.734. The van der Waals surface area contributed by atoms with Gasteiger partial charge >= 0.3 is 0 Å². The van der Waals surface area contributed by atoms with Gasteiger partial charge in [0.1, 0.15) is 0 Å². The van der Waals surface area contributed by atoms with Crippen LogP contribution in [0.1, 0.15) is 30.4 Å². The topological polar surface area (TPSA) is 38.0 Å². The van der Waals surface area contributed by atoms with Crippen molar-refractivity contribution in [1.82, 2.24) is 5.32 Å². The first kappa shape index (κ1) is 11.9. The molecule has 2 aliphatic carbocycles. The van der Waals surface area contributed by atoms with Gasteiger partial charge in [-0.25, -0.2) is 0 Å². The summed E-state index contributed by atoms with van der Waals surface area (Å²) in [6, 6.07) is 9.39. The molecule has 18 heavy (non-hydrogen) atoms. The highest BCUT2D eigenvalue weighted by Crippen LogP contribution is 2.29. The van der Waals surface area contributed by atoms with Crippen molar-refractivity contribution in [1.29, 1.82) is 0 Å². The van der Waals surface area contributed by atoms with Crippen LogP contribution in [-0.2, 0) is 12.8 Å². The van der Waals surface area contributed by atoms with Crippen molar-refractivity contribution in [2.45, 2.75) is 43.7 Å². The Labute approximate surface area is 109 Å². The Balaban J connectivity index is 1.77. The van der Waals surface area contributed by atoms with Crippen LogP contribution in [-0.4, -0.2) is 18.1 Å². The van der Waals surface area contributed by atoms with Crippen LogP contribution in [0.4, 0.5) is 0 Å². The molecule has 0 spiro atoms. The Morgan fingerprint density at radius 1 is 1.17 bits per heavy atom. The van der Waals surface area contributed by atoms with E-state index in [-0.39, 0.29) is 5.54 Å². The van der Waals surface area contributed by atoms with Gasteiger partial charge < -0.3 is 11.1 Å². The maximum absolute atomic E-state index is 6.09. The lowest BCUT2D eigenvalue weighted by atomic mass is 9.77. The van der Waals surface area contributed by atoms with E-state index in [1.807, 2.05) is 0 Å². The molecule has 0 bridgehead atoms. The normalized spacial score (nSPS) is 27.4. The van der Waals surface area contributed by atoms with Gasteiger partial charge in [0, 0.05) is 18.1 Å². The van der Waals surface area contributed by atoms with Gasteiger partial charge in [-0.3, -0.25) is 0 Å². The Hall–Kier alpha value is -1.12. The van der Waals surface area contributed by atoms with Crippen LogP contribution >= 0.6 is 0 Å². The molecule has 2 heteroatoms. The zero-order valence-electron chi connectivity index (χ0n) is 10.9. The first-order chi connectivity index (χ1) is 8.81. The number of hydrogen-bond donors (Lipinski definition) is 2. The van der Waals surface area contributed by atoms with Gasteiger partial charge in [-0.15, -0.1) is 0 Å². The highest BCUT2D eigenvalue weighted by Gasteiger charge is 2.34. The van der Waals surface area contributed by atoms with E-state index >= 15 is 0 Å². The minimum atomic E-state index is 0.116. The Morgan fingerprint density at radius 2 is 1.89 bits per heavy atom. The third-order valence-corrected chi connectivity index (χ3v) is 4.43. The molecule has 1 aromatic carbocycles. The van der Waals surface area contributed by atoms with E-state index < -0.39 is 0 Å². The third kappa shape index (κ3) is 2.23. The molecule has 0 saturated heterocycles. The fourth-order valence-corrected chi connectivity index (χ4v) is 3.33. The number of rotatable bonds is 3. The van der Waals surface area contributed by atoms with E-state index in [4.69, 9.17) is 5.73 Å². The van der Waals surface area contributed by atoms with E-state index in [2.05, 4.69) is 41.7 Å². The molecule has 0 amide bonds. The fraction of sp³-hybridized carbons (Fsp3) is 0.500. The summed E-state index contributed by atoms with van der Waals surface area (Å²) >= 11 is 0. The summed E-state index contributed by atoms with van der Waals surface area (Å²) in [5, 5.41) is 3.83. The molecule has 2 nitrogen and oxygen atoms in total. The van der Waals surface area contributed by atoms with Gasteiger partial charge in [0.05, 0.1) is 0 Å². The average Bonchev–Trinajstić information content (AvgIpc) is 2.91. The maximum atomic E-state index is 6.09. The summed E-state index contributed by atoms with van der Waals surface area (Å²) in [4.78, 5) is 0. The highest BCUT2D eigenvalue weighted by molar-refractivity contribution is 5.32. The molecular formula is C16H22N2. The lowest BCUT2D eigenvalue weighted by molar-refractivity contribution is 0.262. The minimum Gasteiger partial charge on any atom is -0.329 e. The predicted octanol–water partition coefficient (Wildman–Crippen LogP) is 2.18. The standard InChI is InChI=1S/C16H22N2/c17-12-16(18-15-7-3-4-8-15)10-9-13-5-1-2-6-14(13)11-16/h1-6,15,18H,7-12,17H2. The van der Waals surface area contributed by atoms with Crippen LogP contribution in [0.2, 0.25) is 0 Å². The molecule has 96 valence electrons. The second-order valence-corrected chi connectivity index (χ2v) is 5.71. The van der Waals surface area contributed by atoms with E-state index in [0.717, 1.165) is 38.6 Å². The predicted molar refractivity (Wildman–Crippen MR) is 75.6 cm³/mol. The molecule has 3 rings (SSSR count). The molecule has 1 unspecified atom stereocenters. The first-order valence-electron chi connectivity index (χ1n) is 7.01. The summed E-state index contributed by atoms with van der Waals surface area (Å²) in [7, 11) is 0. The van der Waals surface area contributed by atoms with Gasteiger partial charge in [0.25, 0.3) is 0 Å². The van der Waals surface area contributed by atoms with E-state index in [1.165, 1.54) is 11.1 Å². The number of benzene rings is 1. The average molecular weight is 242 g/mol. The number of nitrogens with two attached hydrogens (primary N) is 1. The van der Waals surface area contributed by atoms with Gasteiger partial charge in [0.15, 0.2) is 0 Å². The van der Waals surface area contributed by atoms with Crippen LogP contribution in [0.25, 0.3) is 0 Å². The fourth-order valence-electron chi connectivity index (χ4n) is 3.33. The molecule has 0 heterocycles. The molecular weight excluding hydrogens is 220 g/mol. The smallest absolute Gasteiger partial charge is 0.0350 e. The van der Waals surface area contributed by atoms with Crippen LogP contribution in [0.5, 0.6) is 0 Å². The Bertz CT molecular complexity index is 444. The van der Waals surface area contributed by atoms with Crippen molar-refractivity contribution >= 4 is 0 Å². The van der Waals surface area contributed by atoms with Crippen molar-refractivity contribution < 1.29 is 0 Å². The zero-order valence-corrected chi connectivity index (χ0v) is 10.9. The maximum Gasteiger partial charge on any atom is 0.0350 e. The second kappa shape index (κ2) is 4.87. The van der Waals surface area contributed by atoms with Gasteiger partial charge in [-0.1, -0.05) is 36.4 Å². The van der Waals surface area contributed by atoms with Crippen molar-refractivity contribution in [3.8, 4) is 0 Å². The quantitative estimate of drug-likeness (QED) is 0.797. The second-order valence-electron chi connectivity index (χ2n) is 5.71. The van der Waals surface area contributed by atoms with Crippen molar-refractivity contribution in [2.75, 3.05) is 6.54 Å². The third-order valence-electron chi connectivity index (χ3n) is 4.43. The molecule has 0 aliphatic heterocycles. The minimum absolute atomic E-state index is 0.116. The van der Waals surface area contributed by atoms with Crippen molar-refractivity contribution in [3.63, 3.8) is 0 Å². The lowest BCUT2D eigenvalue weighted by Crippen LogP contribution is -2.57. The summed E-state index contributed by atoms with van der Waals surface area (Å²) in [6.07, 6.45) is 10.3. The number of nitrogens with one attached hydrogen (secondary N) is 1. The Morgan fingerprint density at radius 3 is 2.61 bits per heavy atom. The SMILES string of the molecule is NCC1(NC2CC=CC2)CCc2ccccc2C1. The summed E-state index contributed by atoms with van der Waals surface area (Å²) in [5.41, 5.74) is 9.19. The monoisotopic (exact) mass is 242 g/mol. The molecule has 0 fully saturated rings. The molecule has 2 aliphatic rings. The highest BCUT2D eigenvalue weighted by atomic mass is 15.0. The molecule has 1 aromatic rings. The summed E-state index contributed by atoms with van der Waals surface area (Å²) in [5.74, 6) is 0. The lowest BCUT2D eigenvalue weighted by Gasteiger charge is -2.40. The van der Waals surface area contributed by atoms with E-state index in [9.17, 15) is 0 Å². The van der Waals surface area contributed by atoms with E-state index in [1.54, 1.807) is 0 Å². The Kier molecular flexibility index (Phi) is 3.23. The summed E-state index contributed by atoms with van der Waals surface area (Å²) < 4.78 is 0. The van der Waals surface area contributed by atoms with Gasteiger partial charge in [-0.2, -0.15) is 0 Å². The van der Waals surface area contributed by atoms with Gasteiger partial charge in [-0.05, 0) is 43.2 Å². The number of fused-ring (bicyclic) bond motifs is 1. The van der Waals surface area contributed by atoms with Crippen LogP contribution < -0.4 is 11.1 Å². The first-order valence-corrected chi connectivity index (χ1v) is 7.01. The van der Waals surface area contributed by atoms with Crippen molar-refractivity contribution in [2.24, 2.45) is 5.73 Å².